The molecule has 0 bridgehead atoms. The molecule has 5 aromatic rings. The second-order valence-electron chi connectivity index (χ2n) is 12.2. The number of hydrogen-bond donors (Lipinski definition) is 0. The van der Waals surface area contributed by atoms with E-state index in [1.54, 1.807) is 6.07 Å². The standard InChI is InChI=1S/C33H37FNOSi/c1-19-16-27-25-14-15-28(34)21(3)32(25)36-33(27)31(20(19)2)30-18-26(22-10-8-9-11-22)24-13-12-23(37(5,6)7)17-29(24)35(30)4/h12-18,22H,8-11H2,1-7H3/q+1. The van der Waals surface area contributed by atoms with Crippen LogP contribution in [0, 0.1) is 26.6 Å². The Morgan fingerprint density at radius 1 is 0.838 bits per heavy atom. The van der Waals surface area contributed by atoms with Gasteiger partial charge in [0.25, 0.3) is 0 Å². The summed E-state index contributed by atoms with van der Waals surface area (Å²) in [6.45, 7) is 13.4. The molecule has 3 aromatic carbocycles. The maximum atomic E-state index is 14.5. The monoisotopic (exact) mass is 510 g/mol. The molecule has 1 aliphatic carbocycles. The van der Waals surface area contributed by atoms with E-state index in [1.807, 2.05) is 13.0 Å². The highest BCUT2D eigenvalue weighted by Gasteiger charge is 2.30. The molecule has 1 saturated carbocycles. The maximum absolute atomic E-state index is 14.5. The Kier molecular flexibility index (Phi) is 5.61. The number of benzene rings is 3. The highest BCUT2D eigenvalue weighted by atomic mass is 28.3. The highest BCUT2D eigenvalue weighted by Crippen LogP contribution is 2.43. The number of pyridine rings is 1. The minimum absolute atomic E-state index is 0.222. The quantitative estimate of drug-likeness (QED) is 0.176. The summed E-state index contributed by atoms with van der Waals surface area (Å²) in [5.41, 5.74) is 9.62. The predicted molar refractivity (Wildman–Crippen MR) is 156 cm³/mol. The van der Waals surface area contributed by atoms with Crippen molar-refractivity contribution in [1.82, 2.24) is 0 Å². The van der Waals surface area contributed by atoms with Crippen LogP contribution in [0.1, 0.15) is 53.9 Å². The van der Waals surface area contributed by atoms with Gasteiger partial charge in [0, 0.05) is 33.9 Å². The van der Waals surface area contributed by atoms with Crippen molar-refractivity contribution in [2.24, 2.45) is 7.05 Å². The molecule has 0 saturated heterocycles. The van der Waals surface area contributed by atoms with E-state index in [0.717, 1.165) is 21.9 Å². The van der Waals surface area contributed by atoms with Crippen LogP contribution < -0.4 is 9.75 Å². The van der Waals surface area contributed by atoms with Crippen LogP contribution in [0.2, 0.25) is 19.6 Å². The van der Waals surface area contributed by atoms with Crippen molar-refractivity contribution in [2.75, 3.05) is 0 Å². The van der Waals surface area contributed by atoms with Gasteiger partial charge in [-0.3, -0.25) is 0 Å². The maximum Gasteiger partial charge on any atom is 0.217 e. The Balaban J connectivity index is 1.75. The number of fused-ring (bicyclic) bond motifs is 4. The largest absolute Gasteiger partial charge is 0.455 e. The Morgan fingerprint density at radius 3 is 2.24 bits per heavy atom. The molecule has 2 heterocycles. The van der Waals surface area contributed by atoms with Gasteiger partial charge >= 0.3 is 0 Å². The normalized spacial score (nSPS) is 15.0. The van der Waals surface area contributed by atoms with E-state index in [9.17, 15) is 4.39 Å². The number of aromatic nitrogens is 1. The Labute approximate surface area is 220 Å². The highest BCUT2D eigenvalue weighted by molar-refractivity contribution is 6.88. The first kappa shape index (κ1) is 24.4. The lowest BCUT2D eigenvalue weighted by Crippen LogP contribution is -2.40. The molecular formula is C33H37FNOSi+. The minimum Gasteiger partial charge on any atom is -0.455 e. The predicted octanol–water partition coefficient (Wildman–Crippen LogP) is 8.50. The number of rotatable bonds is 3. The third-order valence-electron chi connectivity index (χ3n) is 8.87. The van der Waals surface area contributed by atoms with Gasteiger partial charge in [-0.1, -0.05) is 43.7 Å². The fourth-order valence-corrected chi connectivity index (χ4v) is 7.56. The molecule has 0 spiro atoms. The van der Waals surface area contributed by atoms with E-state index >= 15 is 0 Å². The molecule has 190 valence electrons. The van der Waals surface area contributed by atoms with E-state index in [4.69, 9.17) is 4.42 Å². The summed E-state index contributed by atoms with van der Waals surface area (Å²) in [4.78, 5) is 0. The molecule has 0 radical (unpaired) electrons. The van der Waals surface area contributed by atoms with Crippen molar-refractivity contribution in [1.29, 1.82) is 0 Å². The van der Waals surface area contributed by atoms with Gasteiger partial charge in [0.05, 0.1) is 13.6 Å². The molecule has 4 heteroatoms. The lowest BCUT2D eigenvalue weighted by atomic mass is 9.90. The molecule has 2 aromatic heterocycles. The third kappa shape index (κ3) is 3.75. The number of halogens is 1. The first-order valence-corrected chi connectivity index (χ1v) is 17.2. The van der Waals surface area contributed by atoms with Gasteiger partial charge < -0.3 is 4.42 Å². The van der Waals surface area contributed by atoms with E-state index < -0.39 is 8.07 Å². The van der Waals surface area contributed by atoms with Gasteiger partial charge in [0.1, 0.15) is 24.0 Å². The van der Waals surface area contributed by atoms with Crippen LogP contribution in [0.5, 0.6) is 0 Å². The molecular weight excluding hydrogens is 473 g/mol. The fourth-order valence-electron chi connectivity index (χ4n) is 6.41. The second kappa shape index (κ2) is 8.52. The zero-order chi connectivity index (χ0) is 26.2. The van der Waals surface area contributed by atoms with Gasteiger partial charge in [-0.15, -0.1) is 0 Å². The van der Waals surface area contributed by atoms with E-state index in [1.165, 1.54) is 64.2 Å². The molecule has 0 aliphatic heterocycles. The topological polar surface area (TPSA) is 17.0 Å². The SMILES string of the molecule is Cc1cc2c(oc3c(C)c(F)ccc32)c(-c2cc(C3CCCC3)c3ccc([Si](C)(C)C)cc3[n+]2C)c1C. The molecule has 1 aliphatic rings. The van der Waals surface area contributed by atoms with E-state index in [2.05, 4.69) is 75.4 Å². The summed E-state index contributed by atoms with van der Waals surface area (Å²) >= 11 is 0. The van der Waals surface area contributed by atoms with Crippen LogP contribution in [0.25, 0.3) is 44.1 Å². The summed E-state index contributed by atoms with van der Waals surface area (Å²) in [5, 5.41) is 4.91. The van der Waals surface area contributed by atoms with Gasteiger partial charge in [0.2, 0.25) is 11.2 Å². The number of aryl methyl sites for hydroxylation is 3. The molecule has 0 unspecified atom stereocenters. The first-order valence-electron chi connectivity index (χ1n) is 13.7. The molecule has 0 amide bonds. The van der Waals surface area contributed by atoms with Crippen LogP contribution in [0.15, 0.2) is 46.9 Å². The lowest BCUT2D eigenvalue weighted by Gasteiger charge is -2.19. The summed E-state index contributed by atoms with van der Waals surface area (Å²) in [6.07, 6.45) is 5.11. The summed E-state index contributed by atoms with van der Waals surface area (Å²) in [6, 6.07) is 15.3. The second-order valence-corrected chi connectivity index (χ2v) is 17.3. The molecule has 0 N–H and O–H groups in total. The zero-order valence-electron chi connectivity index (χ0n) is 23.2. The van der Waals surface area contributed by atoms with Gasteiger partial charge in [-0.2, -0.15) is 4.57 Å². The number of hydrogen-bond acceptors (Lipinski definition) is 1. The van der Waals surface area contributed by atoms with Crippen molar-refractivity contribution < 1.29 is 13.4 Å². The molecule has 37 heavy (non-hydrogen) atoms. The zero-order valence-corrected chi connectivity index (χ0v) is 24.2. The van der Waals surface area contributed by atoms with Crippen molar-refractivity contribution >= 4 is 46.1 Å². The Hall–Kier alpha value is -2.98. The third-order valence-corrected chi connectivity index (χ3v) is 10.9. The lowest BCUT2D eigenvalue weighted by molar-refractivity contribution is -0.633. The molecule has 6 rings (SSSR count). The smallest absolute Gasteiger partial charge is 0.217 e. The summed E-state index contributed by atoms with van der Waals surface area (Å²) in [7, 11) is 0.716. The van der Waals surface area contributed by atoms with Gasteiger partial charge in [0.15, 0.2) is 0 Å². The van der Waals surface area contributed by atoms with Crippen LogP contribution >= 0.6 is 0 Å². The number of nitrogens with zero attached hydrogens (tertiary/aromatic N) is 1. The first-order chi connectivity index (χ1) is 17.6. The van der Waals surface area contributed by atoms with Crippen molar-refractivity contribution in [3.05, 3.63) is 70.5 Å². The van der Waals surface area contributed by atoms with Crippen molar-refractivity contribution in [3.63, 3.8) is 0 Å². The van der Waals surface area contributed by atoms with Gasteiger partial charge in [-0.25, -0.2) is 4.39 Å². The fraction of sp³-hybridized carbons (Fsp3) is 0.364. The molecule has 0 atom stereocenters. The van der Waals surface area contributed by atoms with Crippen molar-refractivity contribution in [2.45, 2.75) is 72.0 Å². The van der Waals surface area contributed by atoms with E-state index in [-0.39, 0.29) is 5.82 Å². The Bertz CT molecular complexity index is 1720. The van der Waals surface area contributed by atoms with Crippen LogP contribution in [-0.2, 0) is 7.05 Å². The minimum atomic E-state index is -1.48. The van der Waals surface area contributed by atoms with Crippen LogP contribution in [0.3, 0.4) is 0 Å². The Morgan fingerprint density at radius 2 is 1.54 bits per heavy atom. The van der Waals surface area contributed by atoms with Gasteiger partial charge in [-0.05, 0) is 80.5 Å². The number of furan rings is 1. The average Bonchev–Trinajstić information content (AvgIpc) is 3.51. The average molecular weight is 511 g/mol. The molecule has 2 nitrogen and oxygen atoms in total. The van der Waals surface area contributed by atoms with Crippen LogP contribution in [-0.4, -0.2) is 8.07 Å². The van der Waals surface area contributed by atoms with Crippen LogP contribution in [0.4, 0.5) is 4.39 Å². The van der Waals surface area contributed by atoms with E-state index in [0.29, 0.717) is 17.1 Å². The summed E-state index contributed by atoms with van der Waals surface area (Å²) in [5.74, 6) is 0.369. The molecule has 1 fully saturated rings. The van der Waals surface area contributed by atoms with Crippen molar-refractivity contribution in [3.8, 4) is 11.3 Å². The summed E-state index contributed by atoms with van der Waals surface area (Å²) < 4.78 is 23.4.